The second-order valence-corrected chi connectivity index (χ2v) is 13.1. The van der Waals surface area contributed by atoms with E-state index in [4.69, 9.17) is 14.2 Å². The van der Waals surface area contributed by atoms with E-state index in [1.165, 1.54) is 0 Å². The van der Waals surface area contributed by atoms with Crippen molar-refractivity contribution in [2.45, 2.75) is 137 Å². The van der Waals surface area contributed by atoms with E-state index < -0.39 is 28.7 Å². The minimum absolute atomic E-state index is 0.0422. The molecule has 0 radical (unpaired) electrons. The lowest BCUT2D eigenvalue weighted by atomic mass is 9.87. The average molecular weight is 537 g/mol. The predicted octanol–water partition coefficient (Wildman–Crippen LogP) is 4.73. The molecule has 1 fully saturated rings. The van der Waals surface area contributed by atoms with Gasteiger partial charge in [-0.1, -0.05) is 25.7 Å². The van der Waals surface area contributed by atoms with Crippen molar-refractivity contribution in [3.63, 3.8) is 0 Å². The molecule has 8 heteroatoms. The monoisotopic (exact) mass is 536 g/mol. The van der Waals surface area contributed by atoms with Gasteiger partial charge in [0.05, 0.1) is 26.2 Å². The number of carbonyl (C=O) groups is 3. The maximum absolute atomic E-state index is 12.9. The Balaban J connectivity index is 3.30. The first-order chi connectivity index (χ1) is 17.4. The van der Waals surface area contributed by atoms with Crippen LogP contribution in [0.15, 0.2) is 0 Å². The van der Waals surface area contributed by atoms with Crippen LogP contribution in [0.1, 0.15) is 108 Å². The van der Waals surface area contributed by atoms with E-state index in [9.17, 15) is 14.4 Å². The third kappa shape index (κ3) is 14.7. The van der Waals surface area contributed by atoms with Crippen molar-refractivity contribution in [1.82, 2.24) is 9.80 Å². The summed E-state index contributed by atoms with van der Waals surface area (Å²) in [5.74, 6) is 5.29. The zero-order valence-corrected chi connectivity index (χ0v) is 25.6. The van der Waals surface area contributed by atoms with Crippen molar-refractivity contribution in [3.8, 4) is 11.8 Å². The fourth-order valence-electron chi connectivity index (χ4n) is 4.51. The Hall–Kier alpha value is -2.11. The van der Waals surface area contributed by atoms with E-state index in [0.717, 1.165) is 38.5 Å². The molecule has 1 rings (SSSR count). The molecule has 2 atom stereocenters. The van der Waals surface area contributed by atoms with Gasteiger partial charge in [-0.3, -0.25) is 24.2 Å². The van der Waals surface area contributed by atoms with Crippen LogP contribution in [0, 0.1) is 11.8 Å². The van der Waals surface area contributed by atoms with Gasteiger partial charge >= 0.3 is 17.9 Å². The summed E-state index contributed by atoms with van der Waals surface area (Å²) >= 11 is 0. The Morgan fingerprint density at radius 3 is 1.39 bits per heavy atom. The highest BCUT2D eigenvalue weighted by Gasteiger charge is 2.38. The number of hydrogen-bond acceptors (Lipinski definition) is 8. The highest BCUT2D eigenvalue weighted by atomic mass is 16.6. The largest absolute Gasteiger partial charge is 0.459 e. The molecule has 218 valence electrons. The number of esters is 3. The van der Waals surface area contributed by atoms with Crippen LogP contribution in [0.3, 0.4) is 0 Å². The van der Waals surface area contributed by atoms with Crippen LogP contribution in [0.2, 0.25) is 0 Å². The Labute approximate surface area is 231 Å². The smallest absolute Gasteiger partial charge is 0.320 e. The molecule has 0 aromatic carbocycles. The molecule has 0 heterocycles. The Morgan fingerprint density at radius 1 is 0.658 bits per heavy atom. The molecule has 0 amide bonds. The number of unbranched alkanes of at least 4 members (excludes halogenated alkanes) is 1. The van der Waals surface area contributed by atoms with Crippen LogP contribution in [0.4, 0.5) is 0 Å². The van der Waals surface area contributed by atoms with Crippen molar-refractivity contribution in [2.24, 2.45) is 0 Å². The van der Waals surface area contributed by atoms with Crippen LogP contribution in [-0.2, 0) is 28.6 Å². The topological polar surface area (TPSA) is 85.4 Å². The van der Waals surface area contributed by atoms with E-state index >= 15 is 0 Å². The lowest BCUT2D eigenvalue weighted by molar-refractivity contribution is -0.164. The second kappa shape index (κ2) is 14.9. The van der Waals surface area contributed by atoms with Gasteiger partial charge in [0.1, 0.15) is 16.8 Å². The van der Waals surface area contributed by atoms with E-state index in [0.29, 0.717) is 6.54 Å². The molecule has 1 saturated carbocycles. The van der Waals surface area contributed by atoms with E-state index in [-0.39, 0.29) is 37.7 Å². The molecule has 0 aromatic heterocycles. The van der Waals surface area contributed by atoms with Gasteiger partial charge in [0.25, 0.3) is 0 Å². The Morgan fingerprint density at radius 2 is 1.03 bits per heavy atom. The maximum Gasteiger partial charge on any atom is 0.320 e. The molecule has 1 aliphatic rings. The molecule has 0 spiro atoms. The highest BCUT2D eigenvalue weighted by Crippen LogP contribution is 2.28. The minimum atomic E-state index is -0.641. The third-order valence-electron chi connectivity index (χ3n) is 5.67. The van der Waals surface area contributed by atoms with Crippen molar-refractivity contribution >= 4 is 17.9 Å². The van der Waals surface area contributed by atoms with Gasteiger partial charge in [-0.2, -0.15) is 0 Å². The number of rotatable bonds is 10. The van der Waals surface area contributed by atoms with Crippen molar-refractivity contribution in [2.75, 3.05) is 26.2 Å². The summed E-state index contributed by atoms with van der Waals surface area (Å²) in [7, 11) is 0. The zero-order valence-electron chi connectivity index (χ0n) is 25.6. The van der Waals surface area contributed by atoms with Crippen molar-refractivity contribution in [1.29, 1.82) is 0 Å². The van der Waals surface area contributed by atoms with Gasteiger partial charge in [-0.25, -0.2) is 0 Å². The summed E-state index contributed by atoms with van der Waals surface area (Å²) < 4.78 is 16.8. The van der Waals surface area contributed by atoms with Crippen LogP contribution in [0.25, 0.3) is 0 Å². The lowest BCUT2D eigenvalue weighted by Crippen LogP contribution is -2.57. The molecule has 0 aromatic rings. The van der Waals surface area contributed by atoms with Gasteiger partial charge < -0.3 is 14.2 Å². The summed E-state index contributed by atoms with van der Waals surface area (Å²) in [5, 5.41) is 0. The van der Waals surface area contributed by atoms with Gasteiger partial charge in [0.2, 0.25) is 0 Å². The zero-order chi connectivity index (χ0) is 29.1. The highest BCUT2D eigenvalue weighted by molar-refractivity contribution is 5.75. The summed E-state index contributed by atoms with van der Waals surface area (Å²) in [4.78, 5) is 42.6. The van der Waals surface area contributed by atoms with E-state index in [1.54, 1.807) is 0 Å². The standard InChI is InChI=1S/C30H52N2O6/c1-11-12-13-16-19-31(20-25(33)36-28(2,3)4)23-17-14-15-18-24(23)32(21-26(34)37-29(5,6)7)22-27(35)38-30(8,9)10/h23-24H,11-12,14-15,17-22H2,1-10H3. The predicted molar refractivity (Wildman–Crippen MR) is 149 cm³/mol. The SMILES string of the molecule is CCCC#CCN(CC(=O)OC(C)(C)C)C1CCCCC1N(CC(=O)OC(C)(C)C)CC(=O)OC(C)(C)C. The van der Waals surface area contributed by atoms with Gasteiger partial charge in [0, 0.05) is 18.5 Å². The van der Waals surface area contributed by atoms with Crippen molar-refractivity contribution < 1.29 is 28.6 Å². The van der Waals surface area contributed by atoms with Crippen molar-refractivity contribution in [3.05, 3.63) is 0 Å². The van der Waals surface area contributed by atoms with E-state index in [1.807, 2.05) is 67.2 Å². The Kier molecular flexibility index (Phi) is 13.3. The van der Waals surface area contributed by atoms with Crippen LogP contribution in [0.5, 0.6) is 0 Å². The second-order valence-electron chi connectivity index (χ2n) is 13.1. The van der Waals surface area contributed by atoms with Crippen LogP contribution < -0.4 is 0 Å². The lowest BCUT2D eigenvalue weighted by Gasteiger charge is -2.44. The molecule has 8 nitrogen and oxygen atoms in total. The molecule has 0 saturated heterocycles. The fraction of sp³-hybridized carbons (Fsp3) is 0.833. The summed E-state index contributed by atoms with van der Waals surface area (Å²) in [6.45, 7) is 19.0. The van der Waals surface area contributed by atoms with Gasteiger partial charge in [-0.05, 0) is 81.6 Å². The molecular weight excluding hydrogens is 484 g/mol. The van der Waals surface area contributed by atoms with E-state index in [2.05, 4.69) is 23.7 Å². The van der Waals surface area contributed by atoms with Crippen LogP contribution in [-0.4, -0.2) is 82.8 Å². The van der Waals surface area contributed by atoms with Gasteiger partial charge in [0.15, 0.2) is 0 Å². The maximum atomic E-state index is 12.9. The number of carbonyl (C=O) groups excluding carboxylic acids is 3. The number of nitrogens with zero attached hydrogens (tertiary/aromatic N) is 2. The Bertz CT molecular complexity index is 808. The summed E-state index contributed by atoms with van der Waals surface area (Å²) in [6.07, 6.45) is 5.30. The molecule has 0 aliphatic heterocycles. The minimum Gasteiger partial charge on any atom is -0.459 e. The molecule has 2 unspecified atom stereocenters. The third-order valence-corrected chi connectivity index (χ3v) is 5.67. The molecule has 0 N–H and O–H groups in total. The number of ether oxygens (including phenoxy) is 3. The summed E-state index contributed by atoms with van der Waals surface area (Å²) in [6, 6.07) is -0.240. The first kappa shape index (κ1) is 33.9. The average Bonchev–Trinajstić information content (AvgIpc) is 2.71. The fourth-order valence-corrected chi connectivity index (χ4v) is 4.51. The molecule has 1 aliphatic carbocycles. The first-order valence-electron chi connectivity index (χ1n) is 14.0. The quantitative estimate of drug-likeness (QED) is 0.225. The molecule has 38 heavy (non-hydrogen) atoms. The normalized spacial score (nSPS) is 18.5. The molecule has 0 bridgehead atoms. The number of hydrogen-bond donors (Lipinski definition) is 0. The first-order valence-corrected chi connectivity index (χ1v) is 14.0. The summed E-state index contributed by atoms with van der Waals surface area (Å²) in [5.41, 5.74) is -1.88. The van der Waals surface area contributed by atoms with Gasteiger partial charge in [-0.15, -0.1) is 5.92 Å². The van der Waals surface area contributed by atoms with Crippen LogP contribution >= 0.6 is 0 Å². The molecular formula is C30H52N2O6.